The van der Waals surface area contributed by atoms with Crippen LogP contribution in [0.25, 0.3) is 0 Å². The fourth-order valence-corrected chi connectivity index (χ4v) is 0.902. The van der Waals surface area contributed by atoms with Gasteiger partial charge in [-0.2, -0.15) is 0 Å². The average Bonchev–Trinajstić information content (AvgIpc) is 1.85. The molecule has 11 heavy (non-hydrogen) atoms. The van der Waals surface area contributed by atoms with Crippen LogP contribution in [-0.4, -0.2) is 10.7 Å². The quantitative estimate of drug-likeness (QED) is 0.513. The minimum atomic E-state index is 0.317. The Balaban J connectivity index is 3.32. The first kappa shape index (κ1) is 7.53. The molecule has 0 aliphatic carbocycles. The SMILES string of the molecule is CC(=N)c1c(N)ccnc1N. The van der Waals surface area contributed by atoms with Gasteiger partial charge in [-0.3, -0.25) is 0 Å². The van der Waals surface area contributed by atoms with Gasteiger partial charge < -0.3 is 16.9 Å². The summed E-state index contributed by atoms with van der Waals surface area (Å²) in [5, 5.41) is 7.32. The summed E-state index contributed by atoms with van der Waals surface area (Å²) in [6.07, 6.45) is 1.52. The lowest BCUT2D eigenvalue weighted by molar-refractivity contribution is 1.31. The molecule has 1 heterocycles. The van der Waals surface area contributed by atoms with Crippen LogP contribution in [0.15, 0.2) is 12.3 Å². The van der Waals surface area contributed by atoms with Crippen molar-refractivity contribution in [3.63, 3.8) is 0 Å². The van der Waals surface area contributed by atoms with E-state index in [2.05, 4.69) is 4.98 Å². The van der Waals surface area contributed by atoms with E-state index in [0.717, 1.165) is 0 Å². The number of hydrogen-bond acceptors (Lipinski definition) is 4. The fraction of sp³-hybridized carbons (Fsp3) is 0.143. The van der Waals surface area contributed by atoms with Gasteiger partial charge in [-0.15, -0.1) is 0 Å². The molecule has 0 aliphatic rings. The van der Waals surface area contributed by atoms with E-state index in [0.29, 0.717) is 22.8 Å². The highest BCUT2D eigenvalue weighted by molar-refractivity contribution is 6.04. The smallest absolute Gasteiger partial charge is 0.134 e. The first-order valence-electron chi connectivity index (χ1n) is 3.18. The zero-order valence-electron chi connectivity index (χ0n) is 6.26. The first-order valence-corrected chi connectivity index (χ1v) is 3.18. The normalized spacial score (nSPS) is 9.55. The molecular weight excluding hydrogens is 140 g/mol. The molecular formula is C7H10N4. The molecule has 0 spiro atoms. The molecule has 1 aromatic rings. The third-order valence-corrected chi connectivity index (χ3v) is 1.39. The van der Waals surface area contributed by atoms with Crippen molar-refractivity contribution in [1.29, 1.82) is 5.41 Å². The van der Waals surface area contributed by atoms with Gasteiger partial charge in [0.25, 0.3) is 0 Å². The molecule has 1 aromatic heterocycles. The molecule has 0 bridgehead atoms. The molecule has 0 fully saturated rings. The third-order valence-electron chi connectivity index (χ3n) is 1.39. The Hall–Kier alpha value is -1.58. The number of pyridine rings is 1. The Morgan fingerprint density at radius 2 is 2.18 bits per heavy atom. The van der Waals surface area contributed by atoms with E-state index >= 15 is 0 Å². The lowest BCUT2D eigenvalue weighted by Crippen LogP contribution is -2.05. The maximum absolute atomic E-state index is 7.32. The van der Waals surface area contributed by atoms with Crippen molar-refractivity contribution in [2.45, 2.75) is 6.92 Å². The highest BCUT2D eigenvalue weighted by atomic mass is 14.8. The topological polar surface area (TPSA) is 88.8 Å². The third kappa shape index (κ3) is 1.29. The van der Waals surface area contributed by atoms with E-state index in [9.17, 15) is 0 Å². The zero-order valence-corrected chi connectivity index (χ0v) is 6.26. The zero-order chi connectivity index (χ0) is 8.43. The van der Waals surface area contributed by atoms with E-state index in [-0.39, 0.29) is 0 Å². The Morgan fingerprint density at radius 3 is 2.55 bits per heavy atom. The number of hydrogen-bond donors (Lipinski definition) is 3. The maximum atomic E-state index is 7.32. The molecule has 0 aliphatic heterocycles. The predicted octanol–water partition coefficient (Wildman–Crippen LogP) is 0.634. The Morgan fingerprint density at radius 1 is 1.55 bits per heavy atom. The second-order valence-corrected chi connectivity index (χ2v) is 2.29. The first-order chi connectivity index (χ1) is 5.13. The van der Waals surface area contributed by atoms with Gasteiger partial charge in [-0.25, -0.2) is 4.98 Å². The van der Waals surface area contributed by atoms with Crippen LogP contribution in [0, 0.1) is 5.41 Å². The van der Waals surface area contributed by atoms with Gasteiger partial charge in [0.2, 0.25) is 0 Å². The van der Waals surface area contributed by atoms with Crippen LogP contribution < -0.4 is 11.5 Å². The number of nitrogens with one attached hydrogen (secondary N) is 1. The summed E-state index contributed by atoms with van der Waals surface area (Å²) < 4.78 is 0. The van der Waals surface area contributed by atoms with Crippen molar-refractivity contribution in [2.75, 3.05) is 11.5 Å². The summed E-state index contributed by atoms with van der Waals surface area (Å²) in [5.74, 6) is 0.317. The molecule has 0 amide bonds. The second-order valence-electron chi connectivity index (χ2n) is 2.29. The van der Waals surface area contributed by atoms with Gasteiger partial charge in [0.15, 0.2) is 0 Å². The lowest BCUT2D eigenvalue weighted by Gasteiger charge is -2.04. The molecule has 58 valence electrons. The van der Waals surface area contributed by atoms with Crippen LogP contribution in [0.4, 0.5) is 11.5 Å². The van der Waals surface area contributed by atoms with Gasteiger partial charge in [-0.1, -0.05) is 0 Å². The van der Waals surface area contributed by atoms with Gasteiger partial charge in [0.1, 0.15) is 5.82 Å². The van der Waals surface area contributed by atoms with Crippen LogP contribution in [0.2, 0.25) is 0 Å². The molecule has 4 heteroatoms. The maximum Gasteiger partial charge on any atom is 0.134 e. The molecule has 4 nitrogen and oxygen atoms in total. The second kappa shape index (κ2) is 2.57. The van der Waals surface area contributed by atoms with Gasteiger partial charge in [0.05, 0.1) is 5.56 Å². The van der Waals surface area contributed by atoms with Crippen molar-refractivity contribution in [1.82, 2.24) is 4.98 Å². The highest BCUT2D eigenvalue weighted by Gasteiger charge is 2.05. The lowest BCUT2D eigenvalue weighted by atomic mass is 10.1. The number of nitrogen functional groups attached to an aromatic ring is 2. The fourth-order valence-electron chi connectivity index (χ4n) is 0.902. The van der Waals surface area contributed by atoms with E-state index in [1.165, 1.54) is 6.20 Å². The summed E-state index contributed by atoms with van der Waals surface area (Å²) in [6, 6.07) is 1.63. The largest absolute Gasteiger partial charge is 0.398 e. The van der Waals surface area contributed by atoms with Crippen LogP contribution >= 0.6 is 0 Å². The summed E-state index contributed by atoms with van der Waals surface area (Å²) in [4.78, 5) is 3.82. The van der Waals surface area contributed by atoms with Crippen molar-refractivity contribution < 1.29 is 0 Å². The predicted molar refractivity (Wildman–Crippen MR) is 45.6 cm³/mol. The van der Waals surface area contributed by atoms with Crippen molar-refractivity contribution in [3.05, 3.63) is 17.8 Å². The van der Waals surface area contributed by atoms with E-state index in [1.54, 1.807) is 13.0 Å². The van der Waals surface area contributed by atoms with Crippen LogP contribution in [-0.2, 0) is 0 Å². The summed E-state index contributed by atoms with van der Waals surface area (Å²) in [6.45, 7) is 1.63. The van der Waals surface area contributed by atoms with Crippen LogP contribution in [0.5, 0.6) is 0 Å². The Kier molecular flexibility index (Phi) is 1.76. The van der Waals surface area contributed by atoms with Crippen LogP contribution in [0.3, 0.4) is 0 Å². The Bertz CT molecular complexity index is 272. The molecule has 5 N–H and O–H groups in total. The molecule has 1 rings (SSSR count). The van der Waals surface area contributed by atoms with E-state index in [1.807, 2.05) is 0 Å². The number of rotatable bonds is 1. The number of nitrogens with two attached hydrogens (primary N) is 2. The summed E-state index contributed by atoms with van der Waals surface area (Å²) >= 11 is 0. The summed E-state index contributed by atoms with van der Waals surface area (Å²) in [5.41, 5.74) is 12.4. The van der Waals surface area contributed by atoms with E-state index < -0.39 is 0 Å². The van der Waals surface area contributed by atoms with Gasteiger partial charge in [-0.05, 0) is 13.0 Å². The molecule has 0 atom stereocenters. The van der Waals surface area contributed by atoms with Crippen molar-refractivity contribution >= 4 is 17.2 Å². The monoisotopic (exact) mass is 150 g/mol. The molecule has 0 radical (unpaired) electrons. The van der Waals surface area contributed by atoms with Crippen molar-refractivity contribution in [2.24, 2.45) is 0 Å². The van der Waals surface area contributed by atoms with E-state index in [4.69, 9.17) is 16.9 Å². The Labute approximate surface area is 64.7 Å². The molecule has 0 aromatic carbocycles. The minimum Gasteiger partial charge on any atom is -0.398 e. The van der Waals surface area contributed by atoms with Gasteiger partial charge >= 0.3 is 0 Å². The standard InChI is InChI=1S/C7H10N4/c1-4(8)6-5(9)2-3-11-7(6)10/h2-3,8H,1H3,(H4,9,10,11). The number of nitrogens with zero attached hydrogens (tertiary/aromatic N) is 1. The minimum absolute atomic E-state index is 0.317. The number of aromatic nitrogens is 1. The molecule has 0 unspecified atom stereocenters. The average molecular weight is 150 g/mol. The molecule has 0 saturated heterocycles. The summed E-state index contributed by atoms with van der Waals surface area (Å²) in [7, 11) is 0. The molecule has 0 saturated carbocycles. The number of anilines is 2. The van der Waals surface area contributed by atoms with Crippen LogP contribution in [0.1, 0.15) is 12.5 Å². The van der Waals surface area contributed by atoms with Crippen molar-refractivity contribution in [3.8, 4) is 0 Å². The van der Waals surface area contributed by atoms with Gasteiger partial charge in [0, 0.05) is 17.6 Å². The highest BCUT2D eigenvalue weighted by Crippen LogP contribution is 2.16.